The predicted octanol–water partition coefficient (Wildman–Crippen LogP) is 6.41. The van der Waals surface area contributed by atoms with E-state index in [9.17, 15) is 19.5 Å². The standard InChI is InChI=1S/C35H54O7/c1-20-13-16-35(29(38)40-10)18-17-32(7)23(27(35)34(20,9)39)11-12-26-31(6)19-24(41-21(2)36)28(42-22(3)37)30(4,5)25(31)14-15-33(26,32)8/h11,20,24-28,39H,12-19H2,1-10H3. The van der Waals surface area contributed by atoms with Crippen LogP contribution in [0.25, 0.3) is 0 Å². The first-order valence-electron chi connectivity index (χ1n) is 16.2. The highest BCUT2D eigenvalue weighted by Gasteiger charge is 2.72. The number of ether oxygens (including phenoxy) is 3. The van der Waals surface area contributed by atoms with Crippen molar-refractivity contribution in [1.82, 2.24) is 0 Å². The Hall–Kier alpha value is -1.89. The molecule has 5 rings (SSSR count). The lowest BCUT2D eigenvalue weighted by Crippen LogP contribution is -2.69. The van der Waals surface area contributed by atoms with E-state index in [0.717, 1.165) is 38.5 Å². The fourth-order valence-electron chi connectivity index (χ4n) is 11.9. The van der Waals surface area contributed by atoms with Gasteiger partial charge in [-0.25, -0.2) is 0 Å². The lowest BCUT2D eigenvalue weighted by atomic mass is 9.33. The van der Waals surface area contributed by atoms with Gasteiger partial charge in [-0.3, -0.25) is 14.4 Å². The summed E-state index contributed by atoms with van der Waals surface area (Å²) in [7, 11) is 1.48. The van der Waals surface area contributed by atoms with Gasteiger partial charge in [0.25, 0.3) is 0 Å². The van der Waals surface area contributed by atoms with Crippen LogP contribution in [0, 0.1) is 50.7 Å². The van der Waals surface area contributed by atoms with Crippen LogP contribution in [0.3, 0.4) is 0 Å². The maximum absolute atomic E-state index is 13.6. The van der Waals surface area contributed by atoms with E-state index in [1.165, 1.54) is 26.5 Å². The lowest BCUT2D eigenvalue weighted by Gasteiger charge is -2.72. The molecule has 42 heavy (non-hydrogen) atoms. The first kappa shape index (κ1) is 31.5. The van der Waals surface area contributed by atoms with E-state index < -0.39 is 23.2 Å². The van der Waals surface area contributed by atoms with Crippen molar-refractivity contribution < 1.29 is 33.7 Å². The molecule has 11 atom stereocenters. The monoisotopic (exact) mass is 586 g/mol. The number of allylic oxidation sites excluding steroid dienone is 1. The van der Waals surface area contributed by atoms with Gasteiger partial charge in [-0.15, -0.1) is 0 Å². The molecule has 5 aliphatic carbocycles. The Bertz CT molecular complexity index is 1190. The van der Waals surface area contributed by atoms with E-state index in [1.807, 2.05) is 6.92 Å². The van der Waals surface area contributed by atoms with Crippen LogP contribution in [0.2, 0.25) is 0 Å². The summed E-state index contributed by atoms with van der Waals surface area (Å²) in [5.74, 6) is -0.528. The van der Waals surface area contributed by atoms with E-state index in [1.54, 1.807) is 0 Å². The highest BCUT2D eigenvalue weighted by Crippen LogP contribution is 2.76. The normalized spacial score (nSPS) is 49.2. The molecular formula is C35H54O7. The zero-order valence-electron chi connectivity index (χ0n) is 27.6. The number of fused-ring (bicyclic) bond motifs is 7. The van der Waals surface area contributed by atoms with Crippen molar-refractivity contribution in [2.24, 2.45) is 50.7 Å². The first-order chi connectivity index (χ1) is 19.3. The van der Waals surface area contributed by atoms with Crippen molar-refractivity contribution in [2.75, 3.05) is 7.11 Å². The minimum Gasteiger partial charge on any atom is -0.469 e. The summed E-state index contributed by atoms with van der Waals surface area (Å²) in [4.78, 5) is 38.1. The minimum absolute atomic E-state index is 0.0733. The van der Waals surface area contributed by atoms with Crippen LogP contribution in [0.15, 0.2) is 11.6 Å². The minimum atomic E-state index is -1.02. The number of rotatable bonds is 3. The van der Waals surface area contributed by atoms with Crippen molar-refractivity contribution >= 4 is 17.9 Å². The zero-order chi connectivity index (χ0) is 31.3. The molecule has 0 amide bonds. The highest BCUT2D eigenvalue weighted by atomic mass is 16.6. The van der Waals surface area contributed by atoms with Crippen molar-refractivity contribution in [3.05, 3.63) is 11.6 Å². The van der Waals surface area contributed by atoms with Crippen molar-refractivity contribution in [3.8, 4) is 0 Å². The van der Waals surface area contributed by atoms with Gasteiger partial charge in [-0.1, -0.05) is 53.2 Å². The number of methoxy groups -OCH3 is 1. The highest BCUT2D eigenvalue weighted by molar-refractivity contribution is 5.79. The maximum atomic E-state index is 13.6. The topological polar surface area (TPSA) is 99.1 Å². The van der Waals surface area contributed by atoms with Gasteiger partial charge in [-0.2, -0.15) is 0 Å². The van der Waals surface area contributed by atoms with Gasteiger partial charge in [0.2, 0.25) is 0 Å². The molecule has 0 bridgehead atoms. The van der Waals surface area contributed by atoms with E-state index in [-0.39, 0.29) is 57.3 Å². The van der Waals surface area contributed by atoms with E-state index in [4.69, 9.17) is 14.2 Å². The summed E-state index contributed by atoms with van der Waals surface area (Å²) >= 11 is 0. The molecule has 0 aromatic carbocycles. The second-order valence-corrected chi connectivity index (χ2v) is 16.2. The Morgan fingerprint density at radius 2 is 1.52 bits per heavy atom. The summed E-state index contributed by atoms with van der Waals surface area (Å²) in [5, 5.41) is 12.2. The van der Waals surface area contributed by atoms with Gasteiger partial charge >= 0.3 is 17.9 Å². The van der Waals surface area contributed by atoms with Crippen LogP contribution in [0.1, 0.15) is 114 Å². The quantitative estimate of drug-likeness (QED) is 0.232. The average Bonchev–Trinajstić information content (AvgIpc) is 2.88. The Balaban J connectivity index is 1.62. The van der Waals surface area contributed by atoms with Crippen LogP contribution in [0.4, 0.5) is 0 Å². The zero-order valence-corrected chi connectivity index (χ0v) is 27.6. The van der Waals surface area contributed by atoms with E-state index in [0.29, 0.717) is 18.8 Å². The Morgan fingerprint density at radius 3 is 2.12 bits per heavy atom. The summed E-state index contributed by atoms with van der Waals surface area (Å²) in [6.45, 7) is 18.5. The third kappa shape index (κ3) is 4.03. The van der Waals surface area contributed by atoms with Gasteiger partial charge in [0.15, 0.2) is 0 Å². The van der Waals surface area contributed by atoms with Crippen LogP contribution >= 0.6 is 0 Å². The molecule has 0 radical (unpaired) electrons. The molecule has 236 valence electrons. The fraction of sp³-hybridized carbons (Fsp3) is 0.857. The molecule has 0 aliphatic heterocycles. The average molecular weight is 587 g/mol. The van der Waals surface area contributed by atoms with Gasteiger partial charge in [-0.05, 0) is 92.3 Å². The van der Waals surface area contributed by atoms with E-state index in [2.05, 4.69) is 47.6 Å². The molecule has 0 aromatic heterocycles. The van der Waals surface area contributed by atoms with Gasteiger partial charge in [0.05, 0.1) is 18.1 Å². The van der Waals surface area contributed by atoms with Crippen LogP contribution < -0.4 is 0 Å². The summed E-state index contributed by atoms with van der Waals surface area (Å²) < 4.78 is 17.3. The smallest absolute Gasteiger partial charge is 0.312 e. The third-order valence-corrected chi connectivity index (χ3v) is 14.1. The van der Waals surface area contributed by atoms with Crippen LogP contribution in [-0.4, -0.2) is 47.9 Å². The Kier molecular flexibility index (Phi) is 7.36. The molecular weight excluding hydrogens is 532 g/mol. The SMILES string of the molecule is COC(=O)C12CCC(C)C(C)(O)C1C1=CCC3C4(C)CC(OC(C)=O)C(OC(C)=O)C(C)(C)C4CCC3(C)C1(C)CC2. The van der Waals surface area contributed by atoms with Crippen molar-refractivity contribution in [2.45, 2.75) is 131 Å². The molecule has 7 heteroatoms. The Labute approximate surface area is 252 Å². The second-order valence-electron chi connectivity index (χ2n) is 16.2. The number of carbonyl (C=O) groups is 3. The Morgan fingerprint density at radius 1 is 0.881 bits per heavy atom. The van der Waals surface area contributed by atoms with E-state index >= 15 is 0 Å². The number of carbonyl (C=O) groups excluding carboxylic acids is 3. The molecule has 0 spiro atoms. The molecule has 0 saturated heterocycles. The third-order valence-electron chi connectivity index (χ3n) is 14.1. The molecule has 4 saturated carbocycles. The number of esters is 3. The van der Waals surface area contributed by atoms with Crippen molar-refractivity contribution in [3.63, 3.8) is 0 Å². The lowest BCUT2D eigenvalue weighted by molar-refractivity contribution is -0.247. The molecule has 4 fully saturated rings. The van der Waals surface area contributed by atoms with Crippen LogP contribution in [-0.2, 0) is 28.6 Å². The van der Waals surface area contributed by atoms with Gasteiger partial charge in [0.1, 0.15) is 12.2 Å². The number of hydrogen-bond donors (Lipinski definition) is 1. The summed E-state index contributed by atoms with van der Waals surface area (Å²) in [5.41, 5.74) is -1.33. The summed E-state index contributed by atoms with van der Waals surface area (Å²) in [6, 6.07) is 0. The molecule has 11 unspecified atom stereocenters. The fourth-order valence-corrected chi connectivity index (χ4v) is 11.9. The molecule has 0 heterocycles. The largest absolute Gasteiger partial charge is 0.469 e. The van der Waals surface area contributed by atoms with Crippen LogP contribution in [0.5, 0.6) is 0 Å². The number of aliphatic hydroxyl groups is 1. The van der Waals surface area contributed by atoms with Crippen molar-refractivity contribution in [1.29, 1.82) is 0 Å². The van der Waals surface area contributed by atoms with Gasteiger partial charge < -0.3 is 19.3 Å². The second kappa shape index (κ2) is 9.81. The predicted molar refractivity (Wildman–Crippen MR) is 159 cm³/mol. The molecule has 5 aliphatic rings. The first-order valence-corrected chi connectivity index (χ1v) is 16.2. The molecule has 1 N–H and O–H groups in total. The van der Waals surface area contributed by atoms with Gasteiger partial charge in [0, 0.05) is 25.2 Å². The molecule has 7 nitrogen and oxygen atoms in total. The molecule has 0 aromatic rings. The summed E-state index contributed by atoms with van der Waals surface area (Å²) in [6.07, 6.45) is 7.97. The number of hydrogen-bond acceptors (Lipinski definition) is 7. The maximum Gasteiger partial charge on any atom is 0.312 e.